The Kier molecular flexibility index (Phi) is 4.92. The van der Waals surface area contributed by atoms with E-state index in [1.165, 1.54) is 0 Å². The minimum atomic E-state index is -1.12. The molecule has 0 N–H and O–H groups in total. The van der Waals surface area contributed by atoms with Gasteiger partial charge in [-0.15, -0.1) is 0 Å². The van der Waals surface area contributed by atoms with Crippen LogP contribution in [-0.4, -0.2) is 48.1 Å². The van der Waals surface area contributed by atoms with Crippen LogP contribution in [0.5, 0.6) is 0 Å². The topological polar surface area (TPSA) is 91.4 Å². The van der Waals surface area contributed by atoms with E-state index in [0.717, 1.165) is 25.7 Å². The predicted octanol–water partition coefficient (Wildman–Crippen LogP) is 1.44. The number of carbonyl (C=O) groups excluding carboxylic acids is 3. The van der Waals surface area contributed by atoms with E-state index in [1.807, 2.05) is 0 Å². The number of hydrogen-bond donors (Lipinski definition) is 0. The molecule has 0 aromatic rings. The first kappa shape index (κ1) is 15.9. The molecule has 2 saturated heterocycles. The molecule has 2 fully saturated rings. The minimum Gasteiger partial charge on any atom is -0.427 e. The van der Waals surface area contributed by atoms with Gasteiger partial charge in [0, 0.05) is 12.8 Å². The molecule has 1 aliphatic carbocycles. The quantitative estimate of drug-likeness (QED) is 0.440. The van der Waals surface area contributed by atoms with E-state index in [9.17, 15) is 14.4 Å². The summed E-state index contributed by atoms with van der Waals surface area (Å²) in [6.45, 7) is -0.143. The second-order valence-corrected chi connectivity index (χ2v) is 5.64. The number of fused-ring (bicyclic) bond motifs is 1. The predicted molar refractivity (Wildman–Crippen MR) is 74.7 cm³/mol. The fourth-order valence-corrected chi connectivity index (χ4v) is 2.84. The Morgan fingerprint density at radius 3 is 2.22 bits per heavy atom. The fourth-order valence-electron chi connectivity index (χ4n) is 2.84. The zero-order valence-electron chi connectivity index (χ0n) is 12.6. The summed E-state index contributed by atoms with van der Waals surface area (Å²) in [6, 6.07) is 0. The molecule has 126 valence electrons. The minimum absolute atomic E-state index is 0.00805. The highest BCUT2D eigenvalue weighted by molar-refractivity contribution is 6.01. The van der Waals surface area contributed by atoms with Crippen molar-refractivity contribution in [3.8, 4) is 0 Å². The molecule has 0 aromatic carbocycles. The molecule has 3 rings (SSSR count). The van der Waals surface area contributed by atoms with Crippen molar-refractivity contribution in [2.75, 3.05) is 6.61 Å². The first-order valence-electron chi connectivity index (χ1n) is 7.80. The summed E-state index contributed by atoms with van der Waals surface area (Å²) >= 11 is 0. The van der Waals surface area contributed by atoms with E-state index in [0.29, 0.717) is 5.06 Å². The number of hydrogen-bond acceptors (Lipinski definition) is 7. The molecule has 1 unspecified atom stereocenters. The molecule has 0 saturated carbocycles. The first-order chi connectivity index (χ1) is 11.1. The van der Waals surface area contributed by atoms with Gasteiger partial charge in [0.15, 0.2) is 6.29 Å². The lowest BCUT2D eigenvalue weighted by Crippen LogP contribution is -2.33. The highest BCUT2D eigenvalue weighted by atomic mass is 16.8. The van der Waals surface area contributed by atoms with Crippen molar-refractivity contribution in [3.63, 3.8) is 0 Å². The molecule has 2 aliphatic heterocycles. The molecule has 2 amide bonds. The molecule has 0 bridgehead atoms. The van der Waals surface area contributed by atoms with Crippen LogP contribution in [-0.2, 0) is 28.6 Å². The SMILES string of the molecule is O=C(OCC1O[C@H]2CC/C=C\CC[C@H]2O1)ON1C(=O)CCC1=O. The molecular weight excluding hydrogens is 306 g/mol. The van der Waals surface area contributed by atoms with Gasteiger partial charge in [-0.25, -0.2) is 4.79 Å². The maximum absolute atomic E-state index is 11.6. The zero-order chi connectivity index (χ0) is 16.2. The Morgan fingerprint density at radius 1 is 1.09 bits per heavy atom. The summed E-state index contributed by atoms with van der Waals surface area (Å²) in [4.78, 5) is 38.8. The van der Waals surface area contributed by atoms with Crippen molar-refractivity contribution in [2.24, 2.45) is 0 Å². The molecule has 3 atom stereocenters. The van der Waals surface area contributed by atoms with Crippen LogP contribution in [0.15, 0.2) is 12.2 Å². The maximum Gasteiger partial charge on any atom is 0.534 e. The van der Waals surface area contributed by atoms with Gasteiger partial charge in [-0.2, -0.15) is 0 Å². The van der Waals surface area contributed by atoms with Crippen molar-refractivity contribution in [1.29, 1.82) is 0 Å². The van der Waals surface area contributed by atoms with Crippen LogP contribution in [0.2, 0.25) is 0 Å². The molecule has 3 aliphatic rings. The van der Waals surface area contributed by atoms with E-state index < -0.39 is 24.3 Å². The average Bonchev–Trinajstić information content (AvgIpc) is 3.03. The zero-order valence-corrected chi connectivity index (χ0v) is 12.6. The summed E-state index contributed by atoms with van der Waals surface area (Å²) in [7, 11) is 0. The largest absolute Gasteiger partial charge is 0.534 e. The molecule has 0 aromatic heterocycles. The van der Waals surface area contributed by atoms with Gasteiger partial charge >= 0.3 is 6.16 Å². The summed E-state index contributed by atoms with van der Waals surface area (Å²) in [5.74, 6) is -1.10. The number of nitrogens with zero attached hydrogens (tertiary/aromatic N) is 1. The highest BCUT2D eigenvalue weighted by Crippen LogP contribution is 2.28. The average molecular weight is 325 g/mol. The molecular formula is C15H19NO7. The van der Waals surface area contributed by atoms with Gasteiger partial charge in [0.2, 0.25) is 0 Å². The van der Waals surface area contributed by atoms with Gasteiger partial charge < -0.3 is 14.2 Å². The molecule has 8 nitrogen and oxygen atoms in total. The van der Waals surface area contributed by atoms with Crippen LogP contribution < -0.4 is 0 Å². The molecule has 23 heavy (non-hydrogen) atoms. The lowest BCUT2D eigenvalue weighted by Gasteiger charge is -2.16. The van der Waals surface area contributed by atoms with E-state index in [4.69, 9.17) is 14.2 Å². The van der Waals surface area contributed by atoms with Crippen molar-refractivity contribution in [3.05, 3.63) is 12.2 Å². The van der Waals surface area contributed by atoms with Crippen molar-refractivity contribution in [2.45, 2.75) is 57.0 Å². The van der Waals surface area contributed by atoms with Gasteiger partial charge in [0.05, 0.1) is 12.2 Å². The van der Waals surface area contributed by atoms with Crippen LogP contribution in [0.25, 0.3) is 0 Å². The van der Waals surface area contributed by atoms with Gasteiger partial charge in [0.25, 0.3) is 11.8 Å². The second-order valence-electron chi connectivity index (χ2n) is 5.64. The monoisotopic (exact) mass is 325 g/mol. The van der Waals surface area contributed by atoms with Gasteiger partial charge in [0.1, 0.15) is 6.61 Å². The Morgan fingerprint density at radius 2 is 1.65 bits per heavy atom. The van der Waals surface area contributed by atoms with Crippen LogP contribution >= 0.6 is 0 Å². The van der Waals surface area contributed by atoms with Crippen molar-refractivity contribution < 1.29 is 33.4 Å². The van der Waals surface area contributed by atoms with E-state index in [2.05, 4.69) is 17.0 Å². The Bertz CT molecular complexity index is 484. The Labute approximate surface area is 133 Å². The summed E-state index contributed by atoms with van der Waals surface area (Å²) in [5, 5.41) is 0.443. The van der Waals surface area contributed by atoms with Gasteiger partial charge in [-0.3, -0.25) is 14.4 Å². The third-order valence-electron chi connectivity index (χ3n) is 3.98. The molecule has 0 radical (unpaired) electrons. The highest BCUT2D eigenvalue weighted by Gasteiger charge is 2.37. The van der Waals surface area contributed by atoms with Gasteiger partial charge in [-0.05, 0) is 25.7 Å². The number of carbonyl (C=O) groups is 3. The van der Waals surface area contributed by atoms with E-state index in [1.54, 1.807) is 0 Å². The maximum atomic E-state index is 11.6. The number of amides is 2. The van der Waals surface area contributed by atoms with Crippen molar-refractivity contribution in [1.82, 2.24) is 5.06 Å². The number of imide groups is 1. The van der Waals surface area contributed by atoms with E-state index >= 15 is 0 Å². The standard InChI is InChI=1S/C15H19NO7/c17-12-7-8-13(18)16(12)23-15(19)20-9-14-21-10-5-3-1-2-4-6-11(10)22-14/h1-2,10-11,14H,3-9H2/b2-1-/t10-,11+,14?. The smallest absolute Gasteiger partial charge is 0.427 e. The summed E-state index contributed by atoms with van der Waals surface area (Å²) in [5.41, 5.74) is 0. The third kappa shape index (κ3) is 3.89. The van der Waals surface area contributed by atoms with Crippen LogP contribution in [0.3, 0.4) is 0 Å². The molecule has 8 heteroatoms. The Hall–Kier alpha value is -1.93. The third-order valence-corrected chi connectivity index (χ3v) is 3.98. The summed E-state index contributed by atoms with van der Waals surface area (Å²) in [6.07, 6.45) is 6.13. The van der Waals surface area contributed by atoms with Crippen molar-refractivity contribution >= 4 is 18.0 Å². The number of ether oxygens (including phenoxy) is 3. The van der Waals surface area contributed by atoms with Gasteiger partial charge in [-0.1, -0.05) is 17.2 Å². The summed E-state index contributed by atoms with van der Waals surface area (Å²) < 4.78 is 16.3. The Balaban J connectivity index is 1.43. The fraction of sp³-hybridized carbons (Fsp3) is 0.667. The van der Waals surface area contributed by atoms with E-state index in [-0.39, 0.29) is 31.7 Å². The number of rotatable bonds is 3. The lowest BCUT2D eigenvalue weighted by molar-refractivity contribution is -0.180. The van der Waals surface area contributed by atoms with Crippen LogP contribution in [0, 0.1) is 0 Å². The molecule has 0 spiro atoms. The number of allylic oxidation sites excluding steroid dienone is 2. The molecule has 2 heterocycles. The van der Waals surface area contributed by atoms with Crippen LogP contribution in [0.1, 0.15) is 38.5 Å². The second kappa shape index (κ2) is 7.10. The first-order valence-corrected chi connectivity index (χ1v) is 7.80. The van der Waals surface area contributed by atoms with Crippen LogP contribution in [0.4, 0.5) is 4.79 Å². The number of hydroxylamine groups is 2. The normalized spacial score (nSPS) is 32.2. The lowest BCUT2D eigenvalue weighted by atomic mass is 10.0.